The molecule has 1 rings (SSSR count). The molecule has 0 aliphatic rings. The Labute approximate surface area is 79.4 Å². The van der Waals surface area contributed by atoms with Crippen molar-refractivity contribution in [3.8, 4) is 0 Å². The normalized spacial score (nSPS) is 11.0. The van der Waals surface area contributed by atoms with Gasteiger partial charge < -0.3 is 5.11 Å². The summed E-state index contributed by atoms with van der Waals surface area (Å²) in [5, 5.41) is 20.6. The van der Waals surface area contributed by atoms with Gasteiger partial charge in [0.05, 0.1) is 4.92 Å². The molecule has 1 aromatic rings. The van der Waals surface area contributed by atoms with Crippen LogP contribution in [0, 0.1) is 10.1 Å². The van der Waals surface area contributed by atoms with Crippen LogP contribution in [0.25, 0.3) is 5.57 Å². The van der Waals surface area contributed by atoms with E-state index in [2.05, 4.69) is 0 Å². The second kappa shape index (κ2) is 4.18. The van der Waals surface area contributed by atoms with Gasteiger partial charge in [-0.2, -0.15) is 0 Å². The van der Waals surface area contributed by atoms with E-state index in [1.807, 2.05) is 0 Å². The van der Waals surface area contributed by atoms with Crippen LogP contribution in [0.15, 0.2) is 30.5 Å². The minimum Gasteiger partial charge on any atom is -0.877 e. The Hall–Kier alpha value is -2.17. The number of hydrogen-bond donors (Lipinski definition) is 0. The Bertz CT molecular complexity index is 380. The third-order valence-corrected chi connectivity index (χ3v) is 1.67. The van der Waals surface area contributed by atoms with E-state index >= 15 is 0 Å². The molecular weight excluding hydrogens is 186 g/mol. The lowest BCUT2D eigenvalue weighted by Gasteiger charge is -2.01. The van der Waals surface area contributed by atoms with Gasteiger partial charge in [-0.1, -0.05) is 0 Å². The van der Waals surface area contributed by atoms with Crippen LogP contribution in [-0.2, 0) is 4.79 Å². The van der Waals surface area contributed by atoms with E-state index < -0.39 is 4.92 Å². The van der Waals surface area contributed by atoms with Gasteiger partial charge in [0.1, 0.15) is 6.29 Å². The Morgan fingerprint density at radius 3 is 2.21 bits per heavy atom. The molecule has 0 saturated heterocycles. The van der Waals surface area contributed by atoms with Gasteiger partial charge in [0, 0.05) is 17.7 Å². The highest BCUT2D eigenvalue weighted by Crippen LogP contribution is 2.16. The molecule has 5 heteroatoms. The van der Waals surface area contributed by atoms with Gasteiger partial charge in [0.15, 0.2) is 0 Å². The second-order valence-electron chi connectivity index (χ2n) is 2.50. The molecule has 1 aromatic carbocycles. The van der Waals surface area contributed by atoms with Gasteiger partial charge in [-0.3, -0.25) is 14.9 Å². The number of nitro groups is 1. The van der Waals surface area contributed by atoms with Crippen LogP contribution in [-0.4, -0.2) is 11.2 Å². The van der Waals surface area contributed by atoms with Crippen LogP contribution in [0.2, 0.25) is 0 Å². The summed E-state index contributed by atoms with van der Waals surface area (Å²) in [6.07, 6.45) is 0.822. The number of carbonyl (C=O) groups excluding carboxylic acids is 1. The number of rotatable bonds is 3. The monoisotopic (exact) mass is 192 g/mol. The summed E-state index contributed by atoms with van der Waals surface area (Å²) in [7, 11) is 0. The molecule has 0 aromatic heterocycles. The molecule has 0 aliphatic carbocycles. The van der Waals surface area contributed by atoms with Crippen molar-refractivity contribution in [2.75, 3.05) is 0 Å². The topological polar surface area (TPSA) is 83.3 Å². The lowest BCUT2D eigenvalue weighted by atomic mass is 10.1. The lowest BCUT2D eigenvalue weighted by Crippen LogP contribution is -1.95. The van der Waals surface area contributed by atoms with E-state index in [1.165, 1.54) is 24.3 Å². The number of carbonyl (C=O) groups is 1. The summed E-state index contributed by atoms with van der Waals surface area (Å²) in [4.78, 5) is 20.1. The third kappa shape index (κ3) is 1.95. The summed E-state index contributed by atoms with van der Waals surface area (Å²) >= 11 is 0. The van der Waals surface area contributed by atoms with Crippen molar-refractivity contribution in [2.24, 2.45) is 0 Å². The van der Waals surface area contributed by atoms with Crippen LogP contribution >= 0.6 is 0 Å². The van der Waals surface area contributed by atoms with Gasteiger partial charge in [0.2, 0.25) is 0 Å². The Morgan fingerprint density at radius 2 is 1.86 bits per heavy atom. The quantitative estimate of drug-likeness (QED) is 0.229. The number of non-ortho nitro benzene ring substituents is 1. The van der Waals surface area contributed by atoms with Gasteiger partial charge >= 0.3 is 0 Å². The number of nitro benzene ring substituents is 1. The average molecular weight is 192 g/mol. The van der Waals surface area contributed by atoms with Crippen LogP contribution in [0.4, 0.5) is 5.69 Å². The Morgan fingerprint density at radius 1 is 1.29 bits per heavy atom. The summed E-state index contributed by atoms with van der Waals surface area (Å²) < 4.78 is 0. The van der Waals surface area contributed by atoms with Crippen LogP contribution in [0.3, 0.4) is 0 Å². The summed E-state index contributed by atoms with van der Waals surface area (Å²) in [6, 6.07) is 5.19. The molecular formula is C9H6NO4-. The highest BCUT2D eigenvalue weighted by atomic mass is 16.6. The van der Waals surface area contributed by atoms with E-state index in [-0.39, 0.29) is 11.3 Å². The largest absolute Gasteiger partial charge is 0.877 e. The zero-order valence-electron chi connectivity index (χ0n) is 7.04. The number of hydrogen-bond acceptors (Lipinski definition) is 4. The van der Waals surface area contributed by atoms with Crippen LogP contribution in [0.5, 0.6) is 0 Å². The first-order valence-corrected chi connectivity index (χ1v) is 3.71. The molecule has 0 amide bonds. The third-order valence-electron chi connectivity index (χ3n) is 1.67. The lowest BCUT2D eigenvalue weighted by molar-refractivity contribution is -0.384. The van der Waals surface area contributed by atoms with E-state index in [0.29, 0.717) is 18.1 Å². The first-order valence-electron chi connectivity index (χ1n) is 3.71. The highest BCUT2D eigenvalue weighted by molar-refractivity contribution is 6.06. The number of allylic oxidation sites excluding steroid dienone is 1. The zero-order valence-corrected chi connectivity index (χ0v) is 7.04. The van der Waals surface area contributed by atoms with E-state index in [9.17, 15) is 20.0 Å². The van der Waals surface area contributed by atoms with Crippen molar-refractivity contribution in [1.82, 2.24) is 0 Å². The van der Waals surface area contributed by atoms with Crippen molar-refractivity contribution in [3.63, 3.8) is 0 Å². The Kier molecular flexibility index (Phi) is 2.96. The molecule has 0 fully saturated rings. The zero-order chi connectivity index (χ0) is 10.6. The predicted octanol–water partition coefficient (Wildman–Crippen LogP) is 0.495. The van der Waals surface area contributed by atoms with Gasteiger partial charge in [0.25, 0.3) is 5.69 Å². The van der Waals surface area contributed by atoms with Crippen LogP contribution < -0.4 is 5.11 Å². The average Bonchev–Trinajstić information content (AvgIpc) is 2.20. The maximum absolute atomic E-state index is 10.4. The molecule has 0 aliphatic heterocycles. The van der Waals surface area contributed by atoms with Crippen molar-refractivity contribution in [1.29, 1.82) is 0 Å². The first-order chi connectivity index (χ1) is 6.69. The first kappa shape index (κ1) is 9.91. The molecule has 0 unspecified atom stereocenters. The van der Waals surface area contributed by atoms with E-state index in [0.717, 1.165) is 0 Å². The second-order valence-corrected chi connectivity index (χ2v) is 2.50. The molecule has 0 radical (unpaired) electrons. The fourth-order valence-corrected chi connectivity index (χ4v) is 0.939. The standard InChI is InChI=1S/C9H7NO4/c11-5-8(6-12)7-1-3-9(4-2-7)10(13)14/h1-6,11H/p-1/b8-5-. The number of aldehydes is 1. The minimum atomic E-state index is -0.550. The smallest absolute Gasteiger partial charge is 0.269 e. The van der Waals surface area contributed by atoms with Crippen molar-refractivity contribution < 1.29 is 14.8 Å². The van der Waals surface area contributed by atoms with Gasteiger partial charge in [-0.05, 0) is 17.7 Å². The molecule has 72 valence electrons. The molecule has 0 spiro atoms. The molecule has 0 bridgehead atoms. The van der Waals surface area contributed by atoms with E-state index in [1.54, 1.807) is 0 Å². The SMILES string of the molecule is O=C/C(=C/[O-])c1ccc([N+](=O)[O-])cc1. The fourth-order valence-electron chi connectivity index (χ4n) is 0.939. The number of nitrogens with zero attached hydrogens (tertiary/aromatic N) is 1. The maximum atomic E-state index is 10.4. The Balaban J connectivity index is 3.05. The van der Waals surface area contributed by atoms with E-state index in [4.69, 9.17) is 0 Å². The molecule has 0 heterocycles. The van der Waals surface area contributed by atoms with Crippen molar-refractivity contribution in [2.45, 2.75) is 0 Å². The van der Waals surface area contributed by atoms with Crippen molar-refractivity contribution >= 4 is 17.5 Å². The fraction of sp³-hybridized carbons (Fsp3) is 0. The maximum Gasteiger partial charge on any atom is 0.269 e. The summed E-state index contributed by atoms with van der Waals surface area (Å²) in [5.74, 6) is 0. The van der Waals surface area contributed by atoms with Gasteiger partial charge in [-0.25, -0.2) is 0 Å². The predicted molar refractivity (Wildman–Crippen MR) is 47.1 cm³/mol. The summed E-state index contributed by atoms with van der Waals surface area (Å²) in [6.45, 7) is 0. The molecule has 0 N–H and O–H groups in total. The summed E-state index contributed by atoms with van der Waals surface area (Å²) in [5.41, 5.74) is 0.269. The van der Waals surface area contributed by atoms with Crippen molar-refractivity contribution in [3.05, 3.63) is 46.2 Å². The van der Waals surface area contributed by atoms with Crippen LogP contribution in [0.1, 0.15) is 5.56 Å². The molecule has 14 heavy (non-hydrogen) atoms. The number of benzene rings is 1. The highest BCUT2D eigenvalue weighted by Gasteiger charge is 2.04. The molecule has 0 saturated carbocycles. The minimum absolute atomic E-state index is 0.0279. The van der Waals surface area contributed by atoms with Gasteiger partial charge in [-0.15, -0.1) is 6.26 Å². The molecule has 0 atom stereocenters. The molecule has 5 nitrogen and oxygen atoms in total.